The highest BCUT2D eigenvalue weighted by atomic mass is 16.5. The average molecular weight is 338 g/mol. The van der Waals surface area contributed by atoms with E-state index >= 15 is 0 Å². The molecule has 0 amide bonds. The Morgan fingerprint density at radius 3 is 2.92 bits per heavy atom. The molecule has 7 heteroatoms. The molecule has 0 saturated carbocycles. The van der Waals surface area contributed by atoms with Gasteiger partial charge >= 0.3 is 0 Å². The second kappa shape index (κ2) is 6.78. The number of aryl methyl sites for hydroxylation is 2. The molecule has 0 bridgehead atoms. The van der Waals surface area contributed by atoms with Crippen LogP contribution in [0.4, 0.5) is 0 Å². The first-order chi connectivity index (χ1) is 12.2. The van der Waals surface area contributed by atoms with Crippen LogP contribution >= 0.6 is 0 Å². The van der Waals surface area contributed by atoms with Gasteiger partial charge in [0.1, 0.15) is 12.7 Å². The summed E-state index contributed by atoms with van der Waals surface area (Å²) in [7, 11) is 1.93. The van der Waals surface area contributed by atoms with Crippen LogP contribution in [0.2, 0.25) is 0 Å². The lowest BCUT2D eigenvalue weighted by Crippen LogP contribution is -2.37. The molecule has 1 aliphatic rings. The standard InChI is InChI=1S/C18H22N6O/c1-14-7-15(3-4-17(14)24-13-19-12-21-24)9-23-5-6-25-18(11-23)16-8-20-22(2)10-16/h3-4,7-8,10,12-13,18H,5-6,9,11H2,1-2H3. The fourth-order valence-corrected chi connectivity index (χ4v) is 3.32. The molecule has 1 fully saturated rings. The third-order valence-electron chi connectivity index (χ3n) is 4.58. The van der Waals surface area contributed by atoms with Crippen molar-refractivity contribution in [3.63, 3.8) is 0 Å². The van der Waals surface area contributed by atoms with Crippen molar-refractivity contribution in [2.75, 3.05) is 19.7 Å². The molecule has 1 atom stereocenters. The summed E-state index contributed by atoms with van der Waals surface area (Å²) >= 11 is 0. The van der Waals surface area contributed by atoms with Gasteiger partial charge in [0.15, 0.2) is 0 Å². The van der Waals surface area contributed by atoms with E-state index in [0.717, 1.165) is 37.5 Å². The van der Waals surface area contributed by atoms with Gasteiger partial charge in [-0.1, -0.05) is 12.1 Å². The fraction of sp³-hybridized carbons (Fsp3) is 0.389. The highest BCUT2D eigenvalue weighted by Crippen LogP contribution is 2.23. The number of aromatic nitrogens is 5. The van der Waals surface area contributed by atoms with Gasteiger partial charge in [0.25, 0.3) is 0 Å². The van der Waals surface area contributed by atoms with Crippen LogP contribution < -0.4 is 0 Å². The van der Waals surface area contributed by atoms with E-state index < -0.39 is 0 Å². The number of benzene rings is 1. The van der Waals surface area contributed by atoms with Gasteiger partial charge in [0.05, 0.1) is 24.6 Å². The van der Waals surface area contributed by atoms with E-state index in [1.807, 2.05) is 24.1 Å². The Kier molecular flexibility index (Phi) is 4.33. The predicted molar refractivity (Wildman–Crippen MR) is 93.3 cm³/mol. The summed E-state index contributed by atoms with van der Waals surface area (Å²) in [5.74, 6) is 0. The van der Waals surface area contributed by atoms with E-state index in [2.05, 4.69) is 45.2 Å². The zero-order valence-electron chi connectivity index (χ0n) is 14.5. The fourth-order valence-electron chi connectivity index (χ4n) is 3.32. The minimum absolute atomic E-state index is 0.0953. The molecule has 3 aromatic rings. The average Bonchev–Trinajstić information content (AvgIpc) is 3.27. The first-order valence-corrected chi connectivity index (χ1v) is 8.46. The zero-order valence-corrected chi connectivity index (χ0v) is 14.5. The quantitative estimate of drug-likeness (QED) is 0.727. The van der Waals surface area contributed by atoms with Gasteiger partial charge in [-0.3, -0.25) is 9.58 Å². The summed E-state index contributed by atoms with van der Waals surface area (Å²) in [6.45, 7) is 5.60. The summed E-state index contributed by atoms with van der Waals surface area (Å²) in [6.07, 6.45) is 7.30. The molecule has 0 aliphatic carbocycles. The summed E-state index contributed by atoms with van der Waals surface area (Å²) in [5.41, 5.74) is 4.70. The number of hydrogen-bond donors (Lipinski definition) is 0. The first-order valence-electron chi connectivity index (χ1n) is 8.46. The van der Waals surface area contributed by atoms with Crippen LogP contribution in [-0.2, 0) is 18.3 Å². The molecule has 1 saturated heterocycles. The molecule has 7 nitrogen and oxygen atoms in total. The Morgan fingerprint density at radius 1 is 1.28 bits per heavy atom. The second-order valence-electron chi connectivity index (χ2n) is 6.50. The Balaban J connectivity index is 1.45. The summed E-state index contributed by atoms with van der Waals surface area (Å²) in [6, 6.07) is 6.50. The molecular weight excluding hydrogens is 316 g/mol. The van der Waals surface area contributed by atoms with E-state index in [1.54, 1.807) is 17.3 Å². The van der Waals surface area contributed by atoms with Crippen LogP contribution in [0, 0.1) is 6.92 Å². The van der Waals surface area contributed by atoms with E-state index in [1.165, 1.54) is 11.1 Å². The third kappa shape index (κ3) is 3.47. The minimum atomic E-state index is 0.0953. The normalized spacial score (nSPS) is 18.6. The van der Waals surface area contributed by atoms with Gasteiger partial charge in [0.2, 0.25) is 0 Å². The Labute approximate surface area is 146 Å². The molecule has 0 radical (unpaired) electrons. The first kappa shape index (κ1) is 16.0. The van der Waals surface area contributed by atoms with Crippen molar-refractivity contribution in [2.24, 2.45) is 7.05 Å². The highest BCUT2D eigenvalue weighted by Gasteiger charge is 2.23. The monoisotopic (exact) mass is 338 g/mol. The van der Waals surface area contributed by atoms with Gasteiger partial charge < -0.3 is 4.74 Å². The Hall–Kier alpha value is -2.51. The van der Waals surface area contributed by atoms with E-state index in [4.69, 9.17) is 4.74 Å². The molecule has 2 aromatic heterocycles. The smallest absolute Gasteiger partial charge is 0.138 e. The summed E-state index contributed by atoms with van der Waals surface area (Å²) < 4.78 is 9.54. The zero-order chi connectivity index (χ0) is 17.2. The van der Waals surface area contributed by atoms with Gasteiger partial charge in [-0.15, -0.1) is 0 Å². The van der Waals surface area contributed by atoms with Crippen molar-refractivity contribution in [1.82, 2.24) is 29.4 Å². The number of rotatable bonds is 4. The lowest BCUT2D eigenvalue weighted by atomic mass is 10.1. The Bertz CT molecular complexity index is 841. The maximum absolute atomic E-state index is 5.92. The topological polar surface area (TPSA) is 61.0 Å². The summed E-state index contributed by atoms with van der Waals surface area (Å²) in [5, 5.41) is 8.46. The van der Waals surface area contributed by atoms with Crippen LogP contribution in [0.15, 0.2) is 43.2 Å². The minimum Gasteiger partial charge on any atom is -0.371 e. The number of ether oxygens (including phenoxy) is 1. The van der Waals surface area contributed by atoms with Crippen molar-refractivity contribution in [1.29, 1.82) is 0 Å². The molecule has 1 aliphatic heterocycles. The molecule has 1 unspecified atom stereocenters. The maximum atomic E-state index is 5.92. The lowest BCUT2D eigenvalue weighted by Gasteiger charge is -2.32. The van der Waals surface area contributed by atoms with Gasteiger partial charge in [0, 0.05) is 38.4 Å². The van der Waals surface area contributed by atoms with E-state index in [0.29, 0.717) is 0 Å². The van der Waals surface area contributed by atoms with Crippen molar-refractivity contribution in [3.05, 3.63) is 59.9 Å². The van der Waals surface area contributed by atoms with Crippen LogP contribution in [0.5, 0.6) is 0 Å². The molecule has 3 heterocycles. The molecule has 25 heavy (non-hydrogen) atoms. The Morgan fingerprint density at radius 2 is 2.20 bits per heavy atom. The number of morpholine rings is 1. The highest BCUT2D eigenvalue weighted by molar-refractivity contribution is 5.41. The van der Waals surface area contributed by atoms with Crippen molar-refractivity contribution in [3.8, 4) is 5.69 Å². The van der Waals surface area contributed by atoms with E-state index in [-0.39, 0.29) is 6.10 Å². The van der Waals surface area contributed by atoms with Gasteiger partial charge in [-0.25, -0.2) is 9.67 Å². The van der Waals surface area contributed by atoms with Crippen molar-refractivity contribution < 1.29 is 4.74 Å². The number of nitrogens with zero attached hydrogens (tertiary/aromatic N) is 6. The SMILES string of the molecule is Cc1cc(CN2CCOC(c3cnn(C)c3)C2)ccc1-n1cncn1. The molecule has 4 rings (SSSR count). The maximum Gasteiger partial charge on any atom is 0.138 e. The van der Waals surface area contributed by atoms with Crippen LogP contribution in [0.25, 0.3) is 5.69 Å². The van der Waals surface area contributed by atoms with Crippen molar-refractivity contribution >= 4 is 0 Å². The predicted octanol–water partition coefficient (Wildman–Crippen LogP) is 1.88. The van der Waals surface area contributed by atoms with Crippen LogP contribution in [-0.4, -0.2) is 49.1 Å². The molecular formula is C18H22N6O. The van der Waals surface area contributed by atoms with E-state index in [9.17, 15) is 0 Å². The number of hydrogen-bond acceptors (Lipinski definition) is 5. The van der Waals surface area contributed by atoms with Crippen molar-refractivity contribution in [2.45, 2.75) is 19.6 Å². The van der Waals surface area contributed by atoms with Gasteiger partial charge in [-0.2, -0.15) is 10.2 Å². The second-order valence-corrected chi connectivity index (χ2v) is 6.50. The lowest BCUT2D eigenvalue weighted by molar-refractivity contribution is -0.0329. The molecule has 1 aromatic carbocycles. The van der Waals surface area contributed by atoms with Gasteiger partial charge in [-0.05, 0) is 24.1 Å². The third-order valence-corrected chi connectivity index (χ3v) is 4.58. The van der Waals surface area contributed by atoms with Crippen LogP contribution in [0.3, 0.4) is 0 Å². The summed E-state index contributed by atoms with van der Waals surface area (Å²) in [4.78, 5) is 6.45. The molecule has 0 N–H and O–H groups in total. The van der Waals surface area contributed by atoms with Crippen LogP contribution in [0.1, 0.15) is 22.8 Å². The largest absolute Gasteiger partial charge is 0.371 e. The molecule has 130 valence electrons. The molecule has 0 spiro atoms.